The molecule has 1 heterocycles. The van der Waals surface area contributed by atoms with Crippen LogP contribution in [0.5, 0.6) is 0 Å². The minimum Gasteiger partial charge on any atom is -0.481 e. The van der Waals surface area contributed by atoms with Gasteiger partial charge in [-0.2, -0.15) is 0 Å². The first kappa shape index (κ1) is 10.3. The fraction of sp³-hybridized carbons (Fsp3) is 0.500. The Bertz CT molecular complexity index is 241. The predicted octanol–water partition coefficient (Wildman–Crippen LogP) is 2.54. The number of aryl methyl sites for hydroxylation is 1. The molecule has 0 aliphatic carbocycles. The summed E-state index contributed by atoms with van der Waals surface area (Å²) in [5.41, 5.74) is 1.19. The van der Waals surface area contributed by atoms with Gasteiger partial charge in [0.15, 0.2) is 0 Å². The number of aliphatic carboxylic acids is 1. The number of carboxylic acid groups (broad SMARTS) is 1. The SMILES string of the molecule is O=C(O)CCCCCc1[c]s[c]c1. The summed E-state index contributed by atoms with van der Waals surface area (Å²) >= 11 is 1.46. The number of hydrogen-bond acceptors (Lipinski definition) is 2. The molecule has 13 heavy (non-hydrogen) atoms. The van der Waals surface area contributed by atoms with Gasteiger partial charge in [0.25, 0.3) is 0 Å². The van der Waals surface area contributed by atoms with Crippen LogP contribution in [0.2, 0.25) is 0 Å². The van der Waals surface area contributed by atoms with E-state index in [2.05, 4.69) is 10.8 Å². The van der Waals surface area contributed by atoms with Crippen molar-refractivity contribution < 1.29 is 9.90 Å². The molecule has 0 aliphatic heterocycles. The Labute approximate surface area is 82.2 Å². The Kier molecular flexibility index (Phi) is 4.54. The first-order valence-electron chi connectivity index (χ1n) is 4.37. The molecule has 70 valence electrons. The van der Waals surface area contributed by atoms with Gasteiger partial charge < -0.3 is 5.11 Å². The molecule has 2 nitrogen and oxygen atoms in total. The average Bonchev–Trinajstić information content (AvgIpc) is 2.55. The lowest BCUT2D eigenvalue weighted by Gasteiger charge is -1.96. The fourth-order valence-electron chi connectivity index (χ4n) is 1.12. The maximum atomic E-state index is 10.2. The van der Waals surface area contributed by atoms with Crippen molar-refractivity contribution >= 4 is 17.3 Å². The summed E-state index contributed by atoms with van der Waals surface area (Å²) in [6.07, 6.45) is 4.10. The van der Waals surface area contributed by atoms with E-state index in [-0.39, 0.29) is 0 Å². The second-order valence-electron chi connectivity index (χ2n) is 2.95. The van der Waals surface area contributed by atoms with E-state index in [1.807, 2.05) is 6.07 Å². The predicted molar refractivity (Wildman–Crippen MR) is 51.8 cm³/mol. The maximum Gasteiger partial charge on any atom is 0.303 e. The minimum atomic E-state index is -0.699. The van der Waals surface area contributed by atoms with E-state index in [0.29, 0.717) is 6.42 Å². The quantitative estimate of drug-likeness (QED) is 0.710. The lowest BCUT2D eigenvalue weighted by Crippen LogP contribution is -1.93. The number of rotatable bonds is 6. The summed E-state index contributed by atoms with van der Waals surface area (Å²) in [6, 6.07) is 1.95. The second kappa shape index (κ2) is 5.75. The Morgan fingerprint density at radius 3 is 2.92 bits per heavy atom. The molecule has 0 spiro atoms. The zero-order valence-corrected chi connectivity index (χ0v) is 8.19. The van der Waals surface area contributed by atoms with Gasteiger partial charge in [0.2, 0.25) is 0 Å². The highest BCUT2D eigenvalue weighted by Crippen LogP contribution is 2.09. The summed E-state index contributed by atoms with van der Waals surface area (Å²) in [4.78, 5) is 10.2. The standard InChI is InChI=1S/C10H12O2S/c11-10(12)5-3-1-2-4-9-6-7-13-8-9/h6H,1-5H2,(H,11,12). The van der Waals surface area contributed by atoms with Gasteiger partial charge in [0.05, 0.1) is 0 Å². The highest BCUT2D eigenvalue weighted by atomic mass is 32.1. The van der Waals surface area contributed by atoms with Crippen LogP contribution in [0.1, 0.15) is 31.2 Å². The molecule has 3 heteroatoms. The van der Waals surface area contributed by atoms with Crippen molar-refractivity contribution in [2.45, 2.75) is 32.1 Å². The third kappa shape index (κ3) is 4.68. The zero-order valence-electron chi connectivity index (χ0n) is 7.38. The molecule has 1 rings (SSSR count). The summed E-state index contributed by atoms with van der Waals surface area (Å²) in [5.74, 6) is -0.699. The molecule has 1 aromatic heterocycles. The molecule has 0 saturated heterocycles. The van der Waals surface area contributed by atoms with Crippen LogP contribution in [0.25, 0.3) is 0 Å². The second-order valence-corrected chi connectivity index (χ2v) is 3.59. The molecule has 0 unspecified atom stereocenters. The normalized spacial score (nSPS) is 10.2. The van der Waals surface area contributed by atoms with Gasteiger partial charge in [-0.15, -0.1) is 11.3 Å². The van der Waals surface area contributed by atoms with Crippen LogP contribution in [0.4, 0.5) is 0 Å². The number of thiophene rings is 1. The Morgan fingerprint density at radius 1 is 1.46 bits per heavy atom. The van der Waals surface area contributed by atoms with E-state index in [0.717, 1.165) is 25.7 Å². The minimum absolute atomic E-state index is 0.291. The molecule has 2 radical (unpaired) electrons. The zero-order chi connectivity index (χ0) is 9.52. The van der Waals surface area contributed by atoms with Gasteiger partial charge in [-0.1, -0.05) is 6.42 Å². The first-order chi connectivity index (χ1) is 6.29. The first-order valence-corrected chi connectivity index (χ1v) is 5.19. The van der Waals surface area contributed by atoms with E-state index >= 15 is 0 Å². The van der Waals surface area contributed by atoms with Crippen molar-refractivity contribution in [2.75, 3.05) is 0 Å². The van der Waals surface area contributed by atoms with Crippen molar-refractivity contribution in [2.24, 2.45) is 0 Å². The Balaban J connectivity index is 1.99. The van der Waals surface area contributed by atoms with E-state index in [1.165, 1.54) is 16.9 Å². The molecule has 0 fully saturated rings. The van der Waals surface area contributed by atoms with Crippen molar-refractivity contribution in [1.82, 2.24) is 0 Å². The van der Waals surface area contributed by atoms with Gasteiger partial charge in [-0.05, 0) is 30.9 Å². The van der Waals surface area contributed by atoms with Crippen LogP contribution >= 0.6 is 11.3 Å². The van der Waals surface area contributed by atoms with Gasteiger partial charge in [0.1, 0.15) is 0 Å². The summed E-state index contributed by atoms with van der Waals surface area (Å²) in [5, 5.41) is 14.5. The average molecular weight is 196 g/mol. The number of carbonyl (C=O) groups is 1. The molecule has 0 amide bonds. The molecule has 1 aromatic rings. The lowest BCUT2D eigenvalue weighted by atomic mass is 10.1. The van der Waals surface area contributed by atoms with Crippen LogP contribution in [0, 0.1) is 10.8 Å². The van der Waals surface area contributed by atoms with E-state index in [4.69, 9.17) is 5.11 Å². The molecule has 0 atom stereocenters. The van der Waals surface area contributed by atoms with E-state index < -0.39 is 5.97 Å². The smallest absolute Gasteiger partial charge is 0.303 e. The Hall–Kier alpha value is -0.830. The van der Waals surface area contributed by atoms with Gasteiger partial charge >= 0.3 is 5.97 Å². The van der Waals surface area contributed by atoms with Crippen LogP contribution in [0.15, 0.2) is 6.07 Å². The molecular weight excluding hydrogens is 184 g/mol. The Morgan fingerprint density at radius 2 is 2.31 bits per heavy atom. The van der Waals surface area contributed by atoms with Crippen LogP contribution in [-0.2, 0) is 11.2 Å². The van der Waals surface area contributed by atoms with E-state index in [9.17, 15) is 4.79 Å². The van der Waals surface area contributed by atoms with Crippen molar-refractivity contribution in [3.8, 4) is 0 Å². The molecule has 0 aliphatic rings. The van der Waals surface area contributed by atoms with E-state index in [1.54, 1.807) is 0 Å². The summed E-state index contributed by atoms with van der Waals surface area (Å²) < 4.78 is 0. The summed E-state index contributed by atoms with van der Waals surface area (Å²) in [6.45, 7) is 0. The monoisotopic (exact) mass is 196 g/mol. The number of hydrogen-bond donors (Lipinski definition) is 1. The molecule has 0 saturated carbocycles. The van der Waals surface area contributed by atoms with Crippen molar-refractivity contribution in [3.63, 3.8) is 0 Å². The fourth-order valence-corrected chi connectivity index (χ4v) is 1.67. The molecule has 1 N–H and O–H groups in total. The lowest BCUT2D eigenvalue weighted by molar-refractivity contribution is -0.137. The van der Waals surface area contributed by atoms with Crippen molar-refractivity contribution in [1.29, 1.82) is 0 Å². The van der Waals surface area contributed by atoms with Crippen LogP contribution in [0.3, 0.4) is 0 Å². The third-order valence-electron chi connectivity index (χ3n) is 1.81. The highest BCUT2D eigenvalue weighted by molar-refractivity contribution is 7.06. The molecule has 0 aromatic carbocycles. The maximum absolute atomic E-state index is 10.2. The van der Waals surface area contributed by atoms with Gasteiger partial charge in [-0.3, -0.25) is 4.79 Å². The van der Waals surface area contributed by atoms with Crippen LogP contribution in [-0.4, -0.2) is 11.1 Å². The third-order valence-corrected chi connectivity index (χ3v) is 2.41. The molecular formula is C10H12O2S. The van der Waals surface area contributed by atoms with Gasteiger partial charge in [0, 0.05) is 17.2 Å². The largest absolute Gasteiger partial charge is 0.481 e. The van der Waals surface area contributed by atoms with Gasteiger partial charge in [-0.25, -0.2) is 0 Å². The molecule has 0 bridgehead atoms. The van der Waals surface area contributed by atoms with Crippen molar-refractivity contribution in [3.05, 3.63) is 22.4 Å². The number of carboxylic acids is 1. The van der Waals surface area contributed by atoms with Crippen LogP contribution < -0.4 is 0 Å². The summed E-state index contributed by atoms with van der Waals surface area (Å²) in [7, 11) is 0. The topological polar surface area (TPSA) is 37.3 Å². The highest BCUT2D eigenvalue weighted by Gasteiger charge is 1.97. The number of unbranched alkanes of at least 4 members (excludes halogenated alkanes) is 2.